The highest BCUT2D eigenvalue weighted by Gasteiger charge is 2.28. The molecule has 0 spiro atoms. The number of carbonyl (C=O) groups excluding carboxylic acids is 1. The van der Waals surface area contributed by atoms with E-state index in [1.807, 2.05) is 0 Å². The highest BCUT2D eigenvalue weighted by atomic mass is 32.2. The molecule has 5 heteroatoms. The van der Waals surface area contributed by atoms with Crippen LogP contribution in [0.3, 0.4) is 0 Å². The molecule has 0 aromatic heterocycles. The predicted molar refractivity (Wildman–Crippen MR) is 105 cm³/mol. The molecule has 1 aromatic carbocycles. The van der Waals surface area contributed by atoms with Gasteiger partial charge in [-0.15, -0.1) is 11.8 Å². The van der Waals surface area contributed by atoms with E-state index < -0.39 is 0 Å². The molecular weight excluding hydrogens is 330 g/mol. The first kappa shape index (κ1) is 18.7. The molecule has 3 rings (SSSR count). The van der Waals surface area contributed by atoms with Gasteiger partial charge in [-0.2, -0.15) is 0 Å². The fourth-order valence-corrected chi connectivity index (χ4v) is 4.43. The lowest BCUT2D eigenvalue weighted by Gasteiger charge is -2.41. The Hall–Kier alpha value is -1.04. The van der Waals surface area contributed by atoms with E-state index in [1.165, 1.54) is 43.8 Å². The number of nitrogens with zero attached hydrogens (tertiary/aromatic N) is 2. The number of carbonyl (C=O) groups is 1. The van der Waals surface area contributed by atoms with Gasteiger partial charge in [-0.3, -0.25) is 9.69 Å². The van der Waals surface area contributed by atoms with Crippen LogP contribution >= 0.6 is 11.8 Å². The lowest BCUT2D eigenvalue weighted by Crippen LogP contribution is -2.53. The Kier molecular flexibility index (Phi) is 6.79. The molecule has 0 unspecified atom stereocenters. The van der Waals surface area contributed by atoms with Crippen LogP contribution in [0.4, 0.5) is 0 Å². The molecule has 25 heavy (non-hydrogen) atoms. The highest BCUT2D eigenvalue weighted by Crippen LogP contribution is 2.21. The normalized spacial score (nSPS) is 23.5. The van der Waals surface area contributed by atoms with Crippen LogP contribution in [-0.4, -0.2) is 67.3 Å². The third-order valence-electron chi connectivity index (χ3n) is 5.55. The minimum Gasteiger partial charge on any atom is -0.352 e. The Morgan fingerprint density at radius 2 is 1.88 bits per heavy atom. The van der Waals surface area contributed by atoms with Gasteiger partial charge in [-0.25, -0.2) is 0 Å². The van der Waals surface area contributed by atoms with E-state index >= 15 is 0 Å². The van der Waals surface area contributed by atoms with Crippen molar-refractivity contribution in [1.82, 2.24) is 15.1 Å². The molecule has 138 valence electrons. The van der Waals surface area contributed by atoms with Gasteiger partial charge in [0.15, 0.2) is 0 Å². The van der Waals surface area contributed by atoms with Crippen molar-refractivity contribution < 1.29 is 4.79 Å². The van der Waals surface area contributed by atoms with Crippen LogP contribution in [0.1, 0.15) is 31.2 Å². The number of rotatable bonds is 5. The Bertz CT molecular complexity index is 555. The van der Waals surface area contributed by atoms with Crippen molar-refractivity contribution in [3.8, 4) is 0 Å². The Balaban J connectivity index is 1.47. The Morgan fingerprint density at radius 1 is 1.16 bits per heavy atom. The van der Waals surface area contributed by atoms with Gasteiger partial charge < -0.3 is 10.2 Å². The number of benzene rings is 1. The molecule has 1 N–H and O–H groups in total. The minimum atomic E-state index is 0.159. The molecular formula is C20H31N3OS. The molecule has 0 radical (unpaired) electrons. The summed E-state index contributed by atoms with van der Waals surface area (Å²) in [5, 5.41) is 3.28. The average Bonchev–Trinajstić information content (AvgIpc) is 2.63. The molecule has 2 heterocycles. The molecule has 0 aliphatic carbocycles. The first-order valence-corrected chi connectivity index (χ1v) is 10.7. The quantitative estimate of drug-likeness (QED) is 0.818. The van der Waals surface area contributed by atoms with E-state index in [4.69, 9.17) is 0 Å². The molecule has 0 bridgehead atoms. The van der Waals surface area contributed by atoms with Gasteiger partial charge in [-0.1, -0.05) is 12.1 Å². The zero-order valence-electron chi connectivity index (χ0n) is 15.5. The first-order chi connectivity index (χ1) is 12.1. The molecule has 2 aliphatic rings. The lowest BCUT2D eigenvalue weighted by molar-refractivity contribution is -0.121. The standard InChI is InChI=1S/C20H31N3OS/c1-22-12-9-18(10-13-22)23-11-3-4-17(15-23)21-20(24)14-16-5-7-19(25-2)8-6-16/h5-8,17-18H,3-4,9-15H2,1-2H3,(H,21,24)/t17-/m0/s1. The number of thioether (sulfide) groups is 1. The second-order valence-corrected chi connectivity index (χ2v) is 8.34. The molecule has 2 fully saturated rings. The van der Waals surface area contributed by atoms with Crippen molar-refractivity contribution in [1.29, 1.82) is 0 Å². The third kappa shape index (κ3) is 5.47. The van der Waals surface area contributed by atoms with Crippen molar-refractivity contribution in [3.05, 3.63) is 29.8 Å². The summed E-state index contributed by atoms with van der Waals surface area (Å²) in [6.07, 6.45) is 7.39. The van der Waals surface area contributed by atoms with Crippen molar-refractivity contribution in [2.45, 2.75) is 49.1 Å². The van der Waals surface area contributed by atoms with Gasteiger partial charge in [0.1, 0.15) is 0 Å². The number of hydrogen-bond donors (Lipinski definition) is 1. The van der Waals surface area contributed by atoms with E-state index in [1.54, 1.807) is 11.8 Å². The van der Waals surface area contributed by atoms with Gasteiger partial charge in [-0.05, 0) is 76.3 Å². The van der Waals surface area contributed by atoms with Crippen molar-refractivity contribution in [2.75, 3.05) is 39.5 Å². The number of amides is 1. The van der Waals surface area contributed by atoms with E-state index in [0.29, 0.717) is 18.5 Å². The molecule has 2 saturated heterocycles. The predicted octanol–water partition coefficient (Wildman–Crippen LogP) is 2.63. The zero-order chi connectivity index (χ0) is 17.6. The zero-order valence-corrected chi connectivity index (χ0v) is 16.4. The number of piperidine rings is 2. The van der Waals surface area contributed by atoms with Gasteiger partial charge in [0.05, 0.1) is 6.42 Å². The number of nitrogens with one attached hydrogen (secondary N) is 1. The van der Waals surface area contributed by atoms with E-state index in [9.17, 15) is 4.79 Å². The lowest BCUT2D eigenvalue weighted by atomic mass is 9.98. The maximum absolute atomic E-state index is 12.4. The Morgan fingerprint density at radius 3 is 2.56 bits per heavy atom. The van der Waals surface area contributed by atoms with Crippen LogP contribution in [0, 0.1) is 0 Å². The second kappa shape index (κ2) is 9.06. The average molecular weight is 362 g/mol. The molecule has 0 saturated carbocycles. The molecule has 4 nitrogen and oxygen atoms in total. The van der Waals surface area contributed by atoms with E-state index in [-0.39, 0.29) is 5.91 Å². The summed E-state index contributed by atoms with van der Waals surface area (Å²) in [4.78, 5) is 18.7. The van der Waals surface area contributed by atoms with Gasteiger partial charge in [0.2, 0.25) is 5.91 Å². The van der Waals surface area contributed by atoms with E-state index in [2.05, 4.69) is 52.7 Å². The van der Waals surface area contributed by atoms with Crippen LogP contribution in [0.5, 0.6) is 0 Å². The van der Waals surface area contributed by atoms with Gasteiger partial charge >= 0.3 is 0 Å². The maximum Gasteiger partial charge on any atom is 0.224 e. The molecule has 2 aliphatic heterocycles. The fourth-order valence-electron chi connectivity index (χ4n) is 4.02. The highest BCUT2D eigenvalue weighted by molar-refractivity contribution is 7.98. The minimum absolute atomic E-state index is 0.159. The van der Waals surface area contributed by atoms with Crippen LogP contribution in [0.25, 0.3) is 0 Å². The summed E-state index contributed by atoms with van der Waals surface area (Å²) in [5.74, 6) is 0.159. The van der Waals surface area contributed by atoms with Crippen LogP contribution in [-0.2, 0) is 11.2 Å². The van der Waals surface area contributed by atoms with Crippen LogP contribution in [0.2, 0.25) is 0 Å². The summed E-state index contributed by atoms with van der Waals surface area (Å²) < 4.78 is 0. The summed E-state index contributed by atoms with van der Waals surface area (Å²) >= 11 is 1.73. The van der Waals surface area contributed by atoms with Crippen molar-refractivity contribution in [3.63, 3.8) is 0 Å². The van der Waals surface area contributed by atoms with Crippen LogP contribution < -0.4 is 5.32 Å². The third-order valence-corrected chi connectivity index (χ3v) is 6.29. The number of likely N-dealkylation sites (tertiary alicyclic amines) is 2. The number of hydrogen-bond acceptors (Lipinski definition) is 4. The van der Waals surface area contributed by atoms with Gasteiger partial charge in [0, 0.05) is 23.5 Å². The summed E-state index contributed by atoms with van der Waals surface area (Å²) in [6.45, 7) is 4.61. The maximum atomic E-state index is 12.4. The SMILES string of the molecule is CSc1ccc(CC(=O)N[C@H]2CCCN(C3CCN(C)CC3)C2)cc1. The van der Waals surface area contributed by atoms with Crippen LogP contribution in [0.15, 0.2) is 29.2 Å². The smallest absolute Gasteiger partial charge is 0.224 e. The van der Waals surface area contributed by atoms with Crippen molar-refractivity contribution in [2.24, 2.45) is 0 Å². The molecule has 1 amide bonds. The summed E-state index contributed by atoms with van der Waals surface area (Å²) in [7, 11) is 2.21. The first-order valence-electron chi connectivity index (χ1n) is 9.49. The van der Waals surface area contributed by atoms with Gasteiger partial charge in [0.25, 0.3) is 0 Å². The summed E-state index contributed by atoms with van der Waals surface area (Å²) in [6, 6.07) is 9.33. The molecule has 1 atom stereocenters. The monoisotopic (exact) mass is 361 g/mol. The largest absolute Gasteiger partial charge is 0.352 e. The fraction of sp³-hybridized carbons (Fsp3) is 0.650. The Labute approximate surface area is 156 Å². The topological polar surface area (TPSA) is 35.6 Å². The van der Waals surface area contributed by atoms with E-state index in [0.717, 1.165) is 18.5 Å². The molecule has 1 aromatic rings. The summed E-state index contributed by atoms with van der Waals surface area (Å²) in [5.41, 5.74) is 1.10. The van der Waals surface area contributed by atoms with Crippen molar-refractivity contribution >= 4 is 17.7 Å². The second-order valence-electron chi connectivity index (χ2n) is 7.46.